The summed E-state index contributed by atoms with van der Waals surface area (Å²) in [6.07, 6.45) is 3.02. The topological polar surface area (TPSA) is 97.4 Å². The molecule has 0 atom stereocenters. The first-order valence-corrected chi connectivity index (χ1v) is 10.4. The fourth-order valence-corrected chi connectivity index (χ4v) is 3.28. The summed E-state index contributed by atoms with van der Waals surface area (Å²) in [6.45, 7) is 0.491. The molecule has 0 spiro atoms. The summed E-state index contributed by atoms with van der Waals surface area (Å²) in [7, 11) is -2.56. The third kappa shape index (κ3) is 4.42. The number of rotatable bonds is 5. The van der Waals surface area contributed by atoms with Gasteiger partial charge in [0.25, 0.3) is 15.0 Å². The Hall–Kier alpha value is -1.12. The maximum atomic E-state index is 12.0. The van der Waals surface area contributed by atoms with Crippen LogP contribution in [-0.2, 0) is 18.9 Å². The lowest BCUT2D eigenvalue weighted by atomic mass is 10.2. The molecule has 0 radical (unpaired) electrons. The molecule has 2 rings (SSSR count). The number of carbonyl (C=O) groups is 1. The fourth-order valence-electron chi connectivity index (χ4n) is 1.72. The van der Waals surface area contributed by atoms with E-state index in [4.69, 9.17) is 10.7 Å². The molecule has 0 unspecified atom stereocenters. The molecule has 0 aliphatic heterocycles. The van der Waals surface area contributed by atoms with Gasteiger partial charge in [0.05, 0.1) is 9.79 Å². The summed E-state index contributed by atoms with van der Waals surface area (Å²) in [4.78, 5) is 11.3. The lowest BCUT2D eigenvalue weighted by Gasteiger charge is -2.08. The zero-order chi connectivity index (χ0) is 15.8. The molecule has 9 heteroatoms. The first-order chi connectivity index (χ1) is 9.57. The Bertz CT molecular complexity index is 732. The molecule has 1 aromatic rings. The SMILES string of the molecule is CS(=O)(=O)c1cc(C(=O)NCC2CC2)cc(S(=O)(=O)Cl)c1. The minimum atomic E-state index is -4.13. The Morgan fingerprint density at radius 2 is 1.76 bits per heavy atom. The molecule has 0 saturated heterocycles. The van der Waals surface area contributed by atoms with Gasteiger partial charge < -0.3 is 5.32 Å². The van der Waals surface area contributed by atoms with Gasteiger partial charge in [-0.2, -0.15) is 0 Å². The fraction of sp³-hybridized carbons (Fsp3) is 0.417. The van der Waals surface area contributed by atoms with Crippen molar-refractivity contribution in [2.75, 3.05) is 12.8 Å². The highest BCUT2D eigenvalue weighted by Crippen LogP contribution is 2.28. The van der Waals surface area contributed by atoms with Crippen LogP contribution in [0.2, 0.25) is 0 Å². The Kier molecular flexibility index (Phi) is 4.32. The molecule has 116 valence electrons. The van der Waals surface area contributed by atoms with Gasteiger partial charge in [0.15, 0.2) is 9.84 Å². The van der Waals surface area contributed by atoms with Crippen molar-refractivity contribution in [2.24, 2.45) is 5.92 Å². The van der Waals surface area contributed by atoms with Crippen molar-refractivity contribution >= 4 is 35.5 Å². The Balaban J connectivity index is 2.41. The number of carbonyl (C=O) groups excluding carboxylic acids is 1. The van der Waals surface area contributed by atoms with Crippen molar-refractivity contribution < 1.29 is 21.6 Å². The molecule has 0 aromatic heterocycles. The van der Waals surface area contributed by atoms with Gasteiger partial charge in [-0.25, -0.2) is 16.8 Å². The van der Waals surface area contributed by atoms with E-state index < -0.39 is 29.7 Å². The van der Waals surface area contributed by atoms with Crippen molar-refractivity contribution in [2.45, 2.75) is 22.6 Å². The second-order valence-electron chi connectivity index (χ2n) is 5.06. The minimum absolute atomic E-state index is 0.0437. The van der Waals surface area contributed by atoms with Crippen LogP contribution >= 0.6 is 10.7 Å². The first kappa shape index (κ1) is 16.3. The van der Waals surface area contributed by atoms with Gasteiger partial charge in [-0.3, -0.25) is 4.79 Å². The van der Waals surface area contributed by atoms with Crippen LogP contribution in [0.1, 0.15) is 23.2 Å². The van der Waals surface area contributed by atoms with Gasteiger partial charge in [-0.15, -0.1) is 0 Å². The van der Waals surface area contributed by atoms with Crippen LogP contribution in [0, 0.1) is 5.92 Å². The second kappa shape index (κ2) is 5.58. The molecule has 1 aliphatic carbocycles. The van der Waals surface area contributed by atoms with Crippen LogP contribution in [0.3, 0.4) is 0 Å². The van der Waals surface area contributed by atoms with E-state index in [2.05, 4.69) is 5.32 Å². The van der Waals surface area contributed by atoms with Gasteiger partial charge in [0.2, 0.25) is 0 Å². The third-order valence-corrected chi connectivity index (χ3v) is 5.53. The van der Waals surface area contributed by atoms with Gasteiger partial charge in [-0.1, -0.05) is 0 Å². The normalized spacial score (nSPS) is 15.7. The van der Waals surface area contributed by atoms with Crippen LogP contribution < -0.4 is 5.32 Å². The van der Waals surface area contributed by atoms with Gasteiger partial charge in [-0.05, 0) is 37.0 Å². The largest absolute Gasteiger partial charge is 0.352 e. The lowest BCUT2D eigenvalue weighted by molar-refractivity contribution is 0.0951. The number of sulfone groups is 1. The lowest BCUT2D eigenvalue weighted by Crippen LogP contribution is -2.26. The van der Waals surface area contributed by atoms with Crippen LogP contribution in [0.15, 0.2) is 28.0 Å². The summed E-state index contributed by atoms with van der Waals surface area (Å²) in [5.74, 6) is -0.0720. The Labute approximate surface area is 127 Å². The number of nitrogens with one attached hydrogen (secondary N) is 1. The number of benzene rings is 1. The molecule has 1 amide bonds. The van der Waals surface area contributed by atoms with Crippen molar-refractivity contribution in [3.05, 3.63) is 23.8 Å². The third-order valence-electron chi connectivity index (χ3n) is 3.10. The van der Waals surface area contributed by atoms with E-state index in [1.54, 1.807) is 0 Å². The van der Waals surface area contributed by atoms with Crippen LogP contribution in [0.4, 0.5) is 0 Å². The van der Waals surface area contributed by atoms with Crippen molar-refractivity contribution in [3.63, 3.8) is 0 Å². The van der Waals surface area contributed by atoms with Crippen molar-refractivity contribution in [1.29, 1.82) is 0 Å². The predicted octanol–water partition coefficient (Wildman–Crippen LogP) is 1.16. The molecule has 1 N–H and O–H groups in total. The number of halogens is 1. The summed E-state index contributed by atoms with van der Waals surface area (Å²) < 4.78 is 46.0. The second-order valence-corrected chi connectivity index (χ2v) is 9.64. The molecular formula is C12H14ClNO5S2. The molecule has 1 aliphatic rings. The monoisotopic (exact) mass is 351 g/mol. The molecule has 21 heavy (non-hydrogen) atoms. The van der Waals surface area contributed by atoms with E-state index in [9.17, 15) is 21.6 Å². The Morgan fingerprint density at radius 3 is 2.24 bits per heavy atom. The highest BCUT2D eigenvalue weighted by Gasteiger charge is 2.23. The minimum Gasteiger partial charge on any atom is -0.352 e. The molecule has 1 fully saturated rings. The summed E-state index contributed by atoms with van der Waals surface area (Å²) >= 11 is 0. The predicted molar refractivity (Wildman–Crippen MR) is 77.6 cm³/mol. The summed E-state index contributed by atoms with van der Waals surface area (Å²) in [5.41, 5.74) is -0.0437. The number of hydrogen-bond acceptors (Lipinski definition) is 5. The summed E-state index contributed by atoms with van der Waals surface area (Å²) in [6, 6.07) is 3.15. The van der Waals surface area contributed by atoms with Crippen molar-refractivity contribution in [3.8, 4) is 0 Å². The highest BCUT2D eigenvalue weighted by atomic mass is 35.7. The average Bonchev–Trinajstić information content (AvgIpc) is 3.17. The van der Waals surface area contributed by atoms with E-state index >= 15 is 0 Å². The van der Waals surface area contributed by atoms with Crippen LogP contribution in [0.25, 0.3) is 0 Å². The van der Waals surface area contributed by atoms with Gasteiger partial charge in [0.1, 0.15) is 0 Å². The van der Waals surface area contributed by atoms with E-state index in [0.717, 1.165) is 37.3 Å². The van der Waals surface area contributed by atoms with E-state index in [0.29, 0.717) is 12.5 Å². The standard InChI is InChI=1S/C12H14ClNO5S2/c1-20(16,17)10-4-9(5-11(6-10)21(13,18)19)12(15)14-7-8-2-3-8/h4-6,8H,2-3,7H2,1H3,(H,14,15). The molecule has 0 heterocycles. The molecule has 6 nitrogen and oxygen atoms in total. The molecule has 0 bridgehead atoms. The van der Waals surface area contributed by atoms with E-state index in [1.807, 2.05) is 0 Å². The smallest absolute Gasteiger partial charge is 0.261 e. The zero-order valence-electron chi connectivity index (χ0n) is 11.2. The first-order valence-electron chi connectivity index (χ1n) is 6.15. The van der Waals surface area contributed by atoms with E-state index in [1.165, 1.54) is 0 Å². The highest BCUT2D eigenvalue weighted by molar-refractivity contribution is 8.13. The maximum absolute atomic E-state index is 12.0. The van der Waals surface area contributed by atoms with Crippen molar-refractivity contribution in [1.82, 2.24) is 5.32 Å². The average molecular weight is 352 g/mol. The molecular weight excluding hydrogens is 338 g/mol. The summed E-state index contributed by atoms with van der Waals surface area (Å²) in [5, 5.41) is 2.65. The van der Waals surface area contributed by atoms with Crippen LogP contribution in [0.5, 0.6) is 0 Å². The number of hydrogen-bond donors (Lipinski definition) is 1. The zero-order valence-corrected chi connectivity index (χ0v) is 13.6. The molecule has 1 saturated carbocycles. The number of amides is 1. The molecule has 1 aromatic carbocycles. The van der Waals surface area contributed by atoms with E-state index in [-0.39, 0.29) is 10.5 Å². The quantitative estimate of drug-likeness (QED) is 0.803. The Morgan fingerprint density at radius 1 is 1.19 bits per heavy atom. The van der Waals surface area contributed by atoms with Gasteiger partial charge >= 0.3 is 0 Å². The van der Waals surface area contributed by atoms with Crippen LogP contribution in [-0.4, -0.2) is 35.5 Å². The van der Waals surface area contributed by atoms with Gasteiger partial charge in [0, 0.05) is 29.0 Å². The maximum Gasteiger partial charge on any atom is 0.261 e.